The van der Waals surface area contributed by atoms with Crippen LogP contribution >= 0.6 is 0 Å². The molecular weight excluding hydrogens is 320 g/mol. The molecule has 2 aromatic carbocycles. The van der Waals surface area contributed by atoms with Crippen molar-refractivity contribution in [3.05, 3.63) is 75.5 Å². The number of benzene rings is 2. The Morgan fingerprint density at radius 1 is 0.808 bits per heavy atom. The molecule has 0 heterocycles. The lowest BCUT2D eigenvalue weighted by Crippen LogP contribution is -2.23. The summed E-state index contributed by atoms with van der Waals surface area (Å²) < 4.78 is 0. The van der Waals surface area contributed by atoms with Crippen molar-refractivity contribution >= 4 is 11.5 Å². The van der Waals surface area contributed by atoms with E-state index in [-0.39, 0.29) is 5.70 Å². The monoisotopic (exact) mass is 350 g/mol. The number of carbonyl (C=O) groups excluding carboxylic acids is 1. The van der Waals surface area contributed by atoms with E-state index in [1.165, 1.54) is 22.3 Å². The number of carbonyl (C=O) groups is 1. The molecule has 3 nitrogen and oxygen atoms in total. The second-order valence-electron chi connectivity index (χ2n) is 6.45. The van der Waals surface area contributed by atoms with E-state index in [0.29, 0.717) is 0 Å². The fourth-order valence-corrected chi connectivity index (χ4v) is 3.88. The molecule has 0 bridgehead atoms. The van der Waals surface area contributed by atoms with Crippen LogP contribution in [0.5, 0.6) is 0 Å². The molecular formula is C23H30N2O. The Kier molecular flexibility index (Phi) is 6.62. The van der Waals surface area contributed by atoms with Crippen LogP contribution in [-0.2, 0) is 30.5 Å². The fourth-order valence-electron chi connectivity index (χ4n) is 3.88. The minimum atomic E-state index is -0.582. The molecule has 2 rings (SSSR count). The van der Waals surface area contributed by atoms with Gasteiger partial charge in [0.05, 0.1) is 0 Å². The van der Waals surface area contributed by atoms with Gasteiger partial charge in [-0.25, -0.2) is 0 Å². The molecule has 0 unspecified atom stereocenters. The first-order valence-electron chi connectivity index (χ1n) is 9.51. The fraction of sp³-hybridized carbons (Fsp3) is 0.348. The first-order chi connectivity index (χ1) is 12.5. The molecule has 4 N–H and O–H groups in total. The van der Waals surface area contributed by atoms with Crippen molar-refractivity contribution in [2.75, 3.05) is 0 Å². The molecule has 0 radical (unpaired) electrons. The lowest BCUT2D eigenvalue weighted by Gasteiger charge is -2.23. The van der Waals surface area contributed by atoms with E-state index in [4.69, 9.17) is 11.5 Å². The first kappa shape index (κ1) is 19.8. The first-order valence-corrected chi connectivity index (χ1v) is 9.51. The summed E-state index contributed by atoms with van der Waals surface area (Å²) >= 11 is 0. The zero-order valence-electron chi connectivity index (χ0n) is 16.4. The van der Waals surface area contributed by atoms with Gasteiger partial charge in [-0.1, -0.05) is 64.1 Å². The van der Waals surface area contributed by atoms with Crippen LogP contribution in [-0.4, -0.2) is 5.91 Å². The quantitative estimate of drug-likeness (QED) is 0.737. The third-order valence-electron chi connectivity index (χ3n) is 5.07. The highest BCUT2D eigenvalue weighted by atomic mass is 16.1. The minimum Gasteiger partial charge on any atom is -0.394 e. The van der Waals surface area contributed by atoms with Crippen molar-refractivity contribution in [1.82, 2.24) is 0 Å². The minimum absolute atomic E-state index is 0.124. The van der Waals surface area contributed by atoms with Crippen molar-refractivity contribution < 1.29 is 4.79 Å². The molecule has 0 saturated heterocycles. The number of amides is 1. The van der Waals surface area contributed by atoms with Gasteiger partial charge in [-0.2, -0.15) is 0 Å². The summed E-state index contributed by atoms with van der Waals surface area (Å²) in [6.45, 7) is 8.73. The summed E-state index contributed by atoms with van der Waals surface area (Å²) in [5, 5.41) is 0. The van der Waals surface area contributed by atoms with Crippen molar-refractivity contribution in [2.24, 2.45) is 11.5 Å². The molecule has 3 heteroatoms. The average molecular weight is 351 g/mol. The van der Waals surface area contributed by atoms with Crippen molar-refractivity contribution in [3.8, 4) is 0 Å². The van der Waals surface area contributed by atoms with E-state index in [1.54, 1.807) is 0 Å². The Morgan fingerprint density at radius 3 is 1.85 bits per heavy atom. The highest BCUT2D eigenvalue weighted by molar-refractivity contribution is 6.03. The highest BCUT2D eigenvalue weighted by Gasteiger charge is 2.21. The van der Waals surface area contributed by atoms with Crippen LogP contribution in [0.4, 0.5) is 0 Å². The molecule has 0 fully saturated rings. The summed E-state index contributed by atoms with van der Waals surface area (Å²) in [5.41, 5.74) is 20.0. The van der Waals surface area contributed by atoms with Gasteiger partial charge in [0.25, 0.3) is 5.91 Å². The van der Waals surface area contributed by atoms with E-state index < -0.39 is 5.91 Å². The second-order valence-corrected chi connectivity index (χ2v) is 6.45. The molecule has 0 spiro atoms. The Labute approximate surface area is 157 Å². The lowest BCUT2D eigenvalue weighted by atomic mass is 9.82. The van der Waals surface area contributed by atoms with E-state index >= 15 is 0 Å². The van der Waals surface area contributed by atoms with E-state index in [9.17, 15) is 4.79 Å². The normalized spacial score (nSPS) is 12.0. The zero-order valence-corrected chi connectivity index (χ0v) is 16.4. The van der Waals surface area contributed by atoms with Gasteiger partial charge in [-0.15, -0.1) is 0 Å². The van der Waals surface area contributed by atoms with Gasteiger partial charge in [0.1, 0.15) is 5.70 Å². The average Bonchev–Trinajstić information content (AvgIpc) is 2.67. The third-order valence-corrected chi connectivity index (χ3v) is 5.07. The number of hydrogen-bond acceptors (Lipinski definition) is 2. The van der Waals surface area contributed by atoms with Gasteiger partial charge in [0.15, 0.2) is 0 Å². The van der Waals surface area contributed by atoms with Crippen LogP contribution in [0.2, 0.25) is 0 Å². The Morgan fingerprint density at radius 2 is 1.38 bits per heavy atom. The van der Waals surface area contributed by atoms with Crippen LogP contribution in [0.15, 0.2) is 42.1 Å². The zero-order chi connectivity index (χ0) is 19.3. The molecule has 2 aromatic rings. The highest BCUT2D eigenvalue weighted by Crippen LogP contribution is 2.34. The number of rotatable bonds is 7. The number of nitrogens with two attached hydrogens (primary N) is 2. The molecule has 0 aromatic heterocycles. The molecule has 26 heavy (non-hydrogen) atoms. The van der Waals surface area contributed by atoms with E-state index in [1.807, 2.05) is 30.3 Å². The van der Waals surface area contributed by atoms with E-state index in [2.05, 4.69) is 33.8 Å². The summed E-state index contributed by atoms with van der Waals surface area (Å²) in [6, 6.07) is 12.0. The maximum absolute atomic E-state index is 12.0. The summed E-state index contributed by atoms with van der Waals surface area (Å²) in [4.78, 5) is 12.0. The molecule has 0 atom stereocenters. The molecule has 0 aliphatic heterocycles. The lowest BCUT2D eigenvalue weighted by molar-refractivity contribution is -0.114. The molecule has 1 amide bonds. The largest absolute Gasteiger partial charge is 0.394 e. The molecule has 0 aliphatic rings. The maximum atomic E-state index is 12.0. The predicted molar refractivity (Wildman–Crippen MR) is 110 cm³/mol. The van der Waals surface area contributed by atoms with Gasteiger partial charge in [-0.05, 0) is 59.1 Å². The number of primary amides is 1. The standard InChI is InChI=1S/C23H30N2O/c1-5-15-14-20(19(8-4)18(7-3)17(15)6-2)21(22(24)23(25)26)16-12-10-9-11-13-16/h9-14H,5-8,24H2,1-4H3,(H2,25,26). The molecule has 138 valence electrons. The SMILES string of the molecule is CCc1cc(C(=C(N)C(N)=O)c2ccccc2)c(CC)c(CC)c1CC. The van der Waals surface area contributed by atoms with Crippen molar-refractivity contribution in [2.45, 2.75) is 53.4 Å². The van der Waals surface area contributed by atoms with Crippen molar-refractivity contribution in [1.29, 1.82) is 0 Å². The molecule has 0 saturated carbocycles. The predicted octanol–water partition coefficient (Wildman–Crippen LogP) is 4.14. The van der Waals surface area contributed by atoms with Crippen LogP contribution in [0.25, 0.3) is 5.57 Å². The van der Waals surface area contributed by atoms with Gasteiger partial charge in [0.2, 0.25) is 0 Å². The Balaban J connectivity index is 2.93. The summed E-state index contributed by atoms with van der Waals surface area (Å²) in [7, 11) is 0. The second kappa shape index (κ2) is 8.70. The Bertz CT molecular complexity index is 820. The van der Waals surface area contributed by atoms with Crippen molar-refractivity contribution in [3.63, 3.8) is 0 Å². The third kappa shape index (κ3) is 3.67. The topological polar surface area (TPSA) is 69.1 Å². The van der Waals surface area contributed by atoms with Crippen LogP contribution in [0.3, 0.4) is 0 Å². The van der Waals surface area contributed by atoms with Crippen LogP contribution < -0.4 is 11.5 Å². The van der Waals surface area contributed by atoms with Gasteiger partial charge < -0.3 is 11.5 Å². The smallest absolute Gasteiger partial charge is 0.265 e. The van der Waals surface area contributed by atoms with Gasteiger partial charge in [-0.3, -0.25) is 4.79 Å². The Hall–Kier alpha value is -2.55. The van der Waals surface area contributed by atoms with Gasteiger partial charge in [0, 0.05) is 5.57 Å². The number of aryl methyl sites for hydroxylation is 1. The number of hydrogen-bond donors (Lipinski definition) is 2. The van der Waals surface area contributed by atoms with Gasteiger partial charge >= 0.3 is 0 Å². The van der Waals surface area contributed by atoms with Crippen LogP contribution in [0.1, 0.15) is 61.1 Å². The van der Waals surface area contributed by atoms with Crippen LogP contribution in [0, 0.1) is 0 Å². The maximum Gasteiger partial charge on any atom is 0.265 e. The van der Waals surface area contributed by atoms with E-state index in [0.717, 1.165) is 42.4 Å². The summed E-state index contributed by atoms with van der Waals surface area (Å²) in [6.07, 6.45) is 3.81. The summed E-state index contributed by atoms with van der Waals surface area (Å²) in [5.74, 6) is -0.582. The molecule has 0 aliphatic carbocycles.